The zero-order valence-electron chi connectivity index (χ0n) is 13.9. The number of hydrogen-bond acceptors (Lipinski definition) is 0. The largest absolute Gasteiger partial charge is 0.0870 e. The van der Waals surface area contributed by atoms with Crippen molar-refractivity contribution in [1.29, 1.82) is 0 Å². The summed E-state index contributed by atoms with van der Waals surface area (Å²) in [7, 11) is 0. The van der Waals surface area contributed by atoms with Crippen molar-refractivity contribution in [3.8, 4) is 0 Å². The van der Waals surface area contributed by atoms with E-state index in [0.29, 0.717) is 5.92 Å². The number of allylic oxidation sites excluding steroid dienone is 1. The highest BCUT2D eigenvalue weighted by Gasteiger charge is 2.13. The number of fused-ring (bicyclic) bond motifs is 1. The molecule has 21 heavy (non-hydrogen) atoms. The van der Waals surface area contributed by atoms with Crippen LogP contribution in [0.25, 0.3) is 16.8 Å². The van der Waals surface area contributed by atoms with E-state index >= 15 is 0 Å². The van der Waals surface area contributed by atoms with Crippen LogP contribution in [0.1, 0.15) is 69.6 Å². The lowest BCUT2D eigenvalue weighted by Crippen LogP contribution is -2.00. The number of unbranched alkanes of at least 4 members (excludes halogenated alkanes) is 2. The van der Waals surface area contributed by atoms with Gasteiger partial charge in [0, 0.05) is 0 Å². The maximum absolute atomic E-state index is 2.39. The molecule has 0 aliphatic carbocycles. The van der Waals surface area contributed by atoms with E-state index in [-0.39, 0.29) is 0 Å². The second-order valence-electron chi connectivity index (χ2n) is 6.19. The minimum atomic E-state index is 0.561. The van der Waals surface area contributed by atoms with Crippen LogP contribution in [-0.4, -0.2) is 0 Å². The van der Waals surface area contributed by atoms with Crippen molar-refractivity contribution in [2.75, 3.05) is 0 Å². The molecule has 0 radical (unpaired) electrons. The summed E-state index contributed by atoms with van der Waals surface area (Å²) in [6.07, 6.45) is 9.56. The Morgan fingerprint density at radius 3 is 2.52 bits per heavy atom. The number of hydrogen-bond donors (Lipinski definition) is 0. The van der Waals surface area contributed by atoms with Gasteiger partial charge in [-0.25, -0.2) is 0 Å². The first-order valence-electron chi connectivity index (χ1n) is 8.36. The Labute approximate surface area is 129 Å². The van der Waals surface area contributed by atoms with E-state index in [2.05, 4.69) is 70.2 Å². The molecule has 0 aliphatic heterocycles. The van der Waals surface area contributed by atoms with Gasteiger partial charge >= 0.3 is 0 Å². The summed E-state index contributed by atoms with van der Waals surface area (Å²) in [5, 5.41) is 2.83. The Morgan fingerprint density at radius 1 is 1.10 bits per heavy atom. The fraction of sp³-hybridized carbons (Fsp3) is 0.429. The highest BCUT2D eigenvalue weighted by molar-refractivity contribution is 5.90. The molecule has 0 spiro atoms. The normalized spacial score (nSPS) is 11.9. The molecular formula is C21H28. The molecule has 0 bridgehead atoms. The van der Waals surface area contributed by atoms with Crippen molar-refractivity contribution in [3.05, 3.63) is 53.1 Å². The smallest absolute Gasteiger partial charge is 0.0146 e. The van der Waals surface area contributed by atoms with Crippen molar-refractivity contribution < 1.29 is 0 Å². The minimum absolute atomic E-state index is 0.561. The second-order valence-corrected chi connectivity index (χ2v) is 6.19. The van der Waals surface area contributed by atoms with E-state index in [1.165, 1.54) is 47.6 Å². The number of benzene rings is 2. The molecule has 0 aromatic heterocycles. The van der Waals surface area contributed by atoms with Crippen LogP contribution in [0.15, 0.2) is 36.4 Å². The average Bonchev–Trinajstić information content (AvgIpc) is 2.48. The molecule has 0 heteroatoms. The molecule has 112 valence electrons. The lowest BCUT2D eigenvalue weighted by molar-refractivity contribution is 0.717. The van der Waals surface area contributed by atoms with Crippen molar-refractivity contribution in [2.45, 2.75) is 59.3 Å². The third-order valence-electron chi connectivity index (χ3n) is 4.22. The summed E-state index contributed by atoms with van der Waals surface area (Å²) in [4.78, 5) is 0. The zero-order chi connectivity index (χ0) is 15.2. The molecule has 2 aromatic rings. The molecule has 0 unspecified atom stereocenters. The van der Waals surface area contributed by atoms with Crippen LogP contribution in [0, 0.1) is 0 Å². The van der Waals surface area contributed by atoms with Gasteiger partial charge < -0.3 is 0 Å². The van der Waals surface area contributed by atoms with Gasteiger partial charge in [-0.15, -0.1) is 0 Å². The van der Waals surface area contributed by atoms with Gasteiger partial charge in [0.25, 0.3) is 0 Å². The predicted molar refractivity (Wildman–Crippen MR) is 96.0 cm³/mol. The molecule has 0 fully saturated rings. The minimum Gasteiger partial charge on any atom is -0.0870 e. The maximum atomic E-state index is 2.39. The van der Waals surface area contributed by atoms with Crippen LogP contribution < -0.4 is 0 Å². The summed E-state index contributed by atoms with van der Waals surface area (Å²) in [6.45, 7) is 8.99. The van der Waals surface area contributed by atoms with E-state index < -0.39 is 0 Å². The van der Waals surface area contributed by atoms with Crippen LogP contribution in [0.4, 0.5) is 0 Å². The Hall–Kier alpha value is -1.56. The lowest BCUT2D eigenvalue weighted by Gasteiger charge is -2.18. The summed E-state index contributed by atoms with van der Waals surface area (Å²) in [5.74, 6) is 0.561. The van der Waals surface area contributed by atoms with Crippen LogP contribution in [0.5, 0.6) is 0 Å². The molecule has 0 atom stereocenters. The van der Waals surface area contributed by atoms with E-state index in [1.807, 2.05) is 0 Å². The second kappa shape index (κ2) is 7.45. The van der Waals surface area contributed by atoms with E-state index in [1.54, 1.807) is 5.56 Å². The monoisotopic (exact) mass is 280 g/mol. The van der Waals surface area contributed by atoms with Gasteiger partial charge in [0.2, 0.25) is 0 Å². The fourth-order valence-electron chi connectivity index (χ4n) is 3.12. The van der Waals surface area contributed by atoms with Crippen molar-refractivity contribution in [3.63, 3.8) is 0 Å². The quantitative estimate of drug-likeness (QED) is 0.515. The molecular weight excluding hydrogens is 252 g/mol. The molecule has 0 nitrogen and oxygen atoms in total. The molecule has 0 heterocycles. The van der Waals surface area contributed by atoms with Gasteiger partial charge in [-0.1, -0.05) is 76.1 Å². The Balaban J connectivity index is 2.64. The Bertz CT molecular complexity index is 617. The first-order chi connectivity index (χ1) is 10.2. The molecule has 0 saturated carbocycles. The van der Waals surface area contributed by atoms with Gasteiger partial charge in [-0.05, 0) is 53.1 Å². The SMILES string of the molecule is CC=Cc1c(C(C)C)cc2ccccc2c1CCCCC. The van der Waals surface area contributed by atoms with E-state index in [9.17, 15) is 0 Å². The van der Waals surface area contributed by atoms with E-state index in [0.717, 1.165) is 0 Å². The first kappa shape index (κ1) is 15.8. The maximum Gasteiger partial charge on any atom is -0.0146 e. The van der Waals surface area contributed by atoms with Crippen molar-refractivity contribution in [1.82, 2.24) is 0 Å². The van der Waals surface area contributed by atoms with Crippen LogP contribution >= 0.6 is 0 Å². The number of aryl methyl sites for hydroxylation is 1. The van der Waals surface area contributed by atoms with Gasteiger partial charge in [-0.2, -0.15) is 0 Å². The van der Waals surface area contributed by atoms with Crippen LogP contribution in [0.3, 0.4) is 0 Å². The van der Waals surface area contributed by atoms with E-state index in [4.69, 9.17) is 0 Å². The average molecular weight is 280 g/mol. The van der Waals surface area contributed by atoms with Crippen LogP contribution in [-0.2, 0) is 6.42 Å². The zero-order valence-corrected chi connectivity index (χ0v) is 13.9. The first-order valence-corrected chi connectivity index (χ1v) is 8.36. The fourth-order valence-corrected chi connectivity index (χ4v) is 3.12. The van der Waals surface area contributed by atoms with Crippen molar-refractivity contribution >= 4 is 16.8 Å². The van der Waals surface area contributed by atoms with Gasteiger partial charge in [0.05, 0.1) is 0 Å². The van der Waals surface area contributed by atoms with Gasteiger partial charge in [-0.3, -0.25) is 0 Å². The summed E-state index contributed by atoms with van der Waals surface area (Å²) < 4.78 is 0. The molecule has 0 amide bonds. The lowest BCUT2D eigenvalue weighted by atomic mass is 9.86. The van der Waals surface area contributed by atoms with Gasteiger partial charge in [0.15, 0.2) is 0 Å². The van der Waals surface area contributed by atoms with Gasteiger partial charge in [0.1, 0.15) is 0 Å². The predicted octanol–water partition coefficient (Wildman–Crippen LogP) is 6.73. The molecule has 0 saturated heterocycles. The highest BCUT2D eigenvalue weighted by atomic mass is 14.2. The van der Waals surface area contributed by atoms with Crippen molar-refractivity contribution in [2.24, 2.45) is 0 Å². The number of rotatable bonds is 6. The Morgan fingerprint density at radius 2 is 1.86 bits per heavy atom. The third kappa shape index (κ3) is 3.56. The standard InChI is InChI=1S/C21H28/c1-5-7-8-14-20-18-13-10-9-12-17(18)15-21(16(3)4)19(20)11-6-2/h6,9-13,15-16H,5,7-8,14H2,1-4H3. The topological polar surface area (TPSA) is 0 Å². The summed E-state index contributed by atoms with van der Waals surface area (Å²) in [6, 6.07) is 11.2. The third-order valence-corrected chi connectivity index (χ3v) is 4.22. The molecule has 2 rings (SSSR count). The van der Waals surface area contributed by atoms with Crippen LogP contribution in [0.2, 0.25) is 0 Å². The summed E-state index contributed by atoms with van der Waals surface area (Å²) >= 11 is 0. The summed E-state index contributed by atoms with van der Waals surface area (Å²) in [5.41, 5.74) is 4.49. The molecule has 0 N–H and O–H groups in total. The highest BCUT2D eigenvalue weighted by Crippen LogP contribution is 2.32. The Kier molecular flexibility index (Phi) is 5.61. The molecule has 0 aliphatic rings. The molecule has 2 aromatic carbocycles.